The number of hydroxylamine groups is 1. The lowest BCUT2D eigenvalue weighted by atomic mass is 10.1. The van der Waals surface area contributed by atoms with E-state index in [0.717, 1.165) is 23.3 Å². The number of para-hydroxylation sites is 1. The summed E-state index contributed by atoms with van der Waals surface area (Å²) in [5.41, 5.74) is 3.44. The third-order valence-corrected chi connectivity index (χ3v) is 3.66. The van der Waals surface area contributed by atoms with Crippen LogP contribution in [0.1, 0.15) is 23.6 Å². The number of amides is 2. The molecule has 0 unspecified atom stereocenters. The molecule has 0 fully saturated rings. The molecule has 0 bridgehead atoms. The van der Waals surface area contributed by atoms with Crippen LogP contribution in [0.4, 0.5) is 10.5 Å². The fourth-order valence-corrected chi connectivity index (χ4v) is 2.30. The fraction of sp³-hybridized carbons (Fsp3) is 0.278. The van der Waals surface area contributed by atoms with Gasteiger partial charge in [0.2, 0.25) is 0 Å². The highest BCUT2D eigenvalue weighted by Gasteiger charge is 2.15. The van der Waals surface area contributed by atoms with Crippen molar-refractivity contribution in [1.82, 2.24) is 5.32 Å². The molecule has 0 saturated heterocycles. The molecule has 2 rings (SSSR count). The minimum Gasteiger partial charge on any atom is -0.489 e. The first-order chi connectivity index (χ1) is 11.1. The van der Waals surface area contributed by atoms with E-state index in [9.17, 15) is 10.0 Å². The van der Waals surface area contributed by atoms with Crippen molar-refractivity contribution in [3.05, 3.63) is 59.2 Å². The molecule has 0 aromatic heterocycles. The Bertz CT molecular complexity index is 686. The summed E-state index contributed by atoms with van der Waals surface area (Å²) in [6, 6.07) is 12.6. The summed E-state index contributed by atoms with van der Waals surface area (Å²) in [7, 11) is 1.46. The molecular weight excluding hydrogens is 292 g/mol. The Labute approximate surface area is 136 Å². The van der Waals surface area contributed by atoms with Crippen molar-refractivity contribution in [3.8, 4) is 5.75 Å². The highest BCUT2D eigenvalue weighted by atomic mass is 16.5. The predicted octanol–water partition coefficient (Wildman–Crippen LogP) is 3.67. The number of nitrogens with one attached hydrogen (secondary N) is 1. The second kappa shape index (κ2) is 7.65. The van der Waals surface area contributed by atoms with E-state index < -0.39 is 6.03 Å². The number of hydrogen-bond acceptors (Lipinski definition) is 3. The third-order valence-electron chi connectivity index (χ3n) is 3.66. The van der Waals surface area contributed by atoms with E-state index in [-0.39, 0.29) is 6.61 Å². The summed E-state index contributed by atoms with van der Waals surface area (Å²) in [6.45, 7) is 4.37. The lowest BCUT2D eigenvalue weighted by Crippen LogP contribution is -2.36. The molecule has 0 radical (unpaired) electrons. The van der Waals surface area contributed by atoms with Crippen molar-refractivity contribution >= 4 is 11.7 Å². The highest BCUT2D eigenvalue weighted by molar-refractivity contribution is 5.90. The van der Waals surface area contributed by atoms with Crippen LogP contribution in [0.3, 0.4) is 0 Å². The topological polar surface area (TPSA) is 61.8 Å². The van der Waals surface area contributed by atoms with Gasteiger partial charge in [0, 0.05) is 12.6 Å². The van der Waals surface area contributed by atoms with Gasteiger partial charge in [0.05, 0.1) is 5.69 Å². The Kier molecular flexibility index (Phi) is 5.60. The number of benzene rings is 2. The van der Waals surface area contributed by atoms with E-state index in [1.165, 1.54) is 12.6 Å². The number of rotatable bonds is 5. The van der Waals surface area contributed by atoms with Crippen LogP contribution in [0.2, 0.25) is 0 Å². The third kappa shape index (κ3) is 4.02. The largest absolute Gasteiger partial charge is 0.489 e. The van der Waals surface area contributed by atoms with E-state index in [2.05, 4.69) is 18.3 Å². The second-order valence-corrected chi connectivity index (χ2v) is 5.24. The lowest BCUT2D eigenvalue weighted by molar-refractivity contribution is 0.205. The molecule has 0 saturated carbocycles. The summed E-state index contributed by atoms with van der Waals surface area (Å²) >= 11 is 0. The number of ether oxygens (including phenoxy) is 1. The van der Waals surface area contributed by atoms with E-state index >= 15 is 0 Å². The average Bonchev–Trinajstić information content (AvgIpc) is 2.59. The number of nitrogens with zero attached hydrogens (tertiary/aromatic N) is 1. The molecule has 0 atom stereocenters. The molecule has 0 spiro atoms. The Morgan fingerprint density at radius 2 is 2.00 bits per heavy atom. The van der Waals surface area contributed by atoms with Gasteiger partial charge in [0.1, 0.15) is 12.4 Å². The minimum atomic E-state index is -0.596. The van der Waals surface area contributed by atoms with Gasteiger partial charge in [0.25, 0.3) is 0 Å². The molecule has 0 aliphatic rings. The molecule has 0 aliphatic heterocycles. The lowest BCUT2D eigenvalue weighted by Gasteiger charge is -2.18. The molecular formula is C18H22N2O3. The van der Waals surface area contributed by atoms with Crippen LogP contribution in [0.25, 0.3) is 0 Å². The molecule has 5 heteroatoms. The number of aryl methyl sites for hydroxylation is 2. The first-order valence-electron chi connectivity index (χ1n) is 7.57. The van der Waals surface area contributed by atoms with Gasteiger partial charge in [-0.05, 0) is 36.6 Å². The van der Waals surface area contributed by atoms with Crippen LogP contribution in [0, 0.1) is 6.92 Å². The monoisotopic (exact) mass is 314 g/mol. The molecule has 2 aromatic carbocycles. The maximum atomic E-state index is 11.6. The van der Waals surface area contributed by atoms with Gasteiger partial charge in [-0.15, -0.1) is 0 Å². The fourth-order valence-electron chi connectivity index (χ4n) is 2.30. The average molecular weight is 314 g/mol. The number of anilines is 1. The molecule has 0 heterocycles. The van der Waals surface area contributed by atoms with Gasteiger partial charge in [0.15, 0.2) is 0 Å². The van der Waals surface area contributed by atoms with Crippen molar-refractivity contribution in [1.29, 1.82) is 0 Å². The zero-order valence-electron chi connectivity index (χ0n) is 13.7. The van der Waals surface area contributed by atoms with E-state index in [4.69, 9.17) is 4.74 Å². The highest BCUT2D eigenvalue weighted by Crippen LogP contribution is 2.24. The Balaban J connectivity index is 2.16. The predicted molar refractivity (Wildman–Crippen MR) is 90.1 cm³/mol. The van der Waals surface area contributed by atoms with Gasteiger partial charge in [-0.3, -0.25) is 5.21 Å². The molecule has 2 aromatic rings. The normalized spacial score (nSPS) is 10.3. The SMILES string of the molecule is CCc1ccc(OCc2ccccc2N(O)C(=O)NC)c(C)c1. The van der Waals surface area contributed by atoms with Gasteiger partial charge in [-0.2, -0.15) is 5.06 Å². The van der Waals surface area contributed by atoms with E-state index in [0.29, 0.717) is 10.8 Å². The van der Waals surface area contributed by atoms with Gasteiger partial charge < -0.3 is 10.1 Å². The maximum absolute atomic E-state index is 11.6. The molecule has 2 amide bonds. The molecule has 23 heavy (non-hydrogen) atoms. The Morgan fingerprint density at radius 3 is 2.65 bits per heavy atom. The zero-order valence-corrected chi connectivity index (χ0v) is 13.7. The molecule has 122 valence electrons. The second-order valence-electron chi connectivity index (χ2n) is 5.24. The van der Waals surface area contributed by atoms with Crippen LogP contribution < -0.4 is 15.1 Å². The van der Waals surface area contributed by atoms with E-state index in [1.54, 1.807) is 12.1 Å². The van der Waals surface area contributed by atoms with Crippen molar-refractivity contribution in [2.45, 2.75) is 26.9 Å². The van der Waals surface area contributed by atoms with Crippen LogP contribution >= 0.6 is 0 Å². The van der Waals surface area contributed by atoms with Crippen molar-refractivity contribution in [3.63, 3.8) is 0 Å². The standard InChI is InChI=1S/C18H22N2O3/c1-4-14-9-10-17(13(2)11-14)23-12-15-7-5-6-8-16(15)20(22)18(21)19-3/h5-11,22H,4,12H2,1-3H3,(H,19,21). The zero-order chi connectivity index (χ0) is 16.8. The summed E-state index contributed by atoms with van der Waals surface area (Å²) in [4.78, 5) is 11.6. The number of carbonyl (C=O) groups excluding carboxylic acids is 1. The quantitative estimate of drug-likeness (QED) is 0.654. The maximum Gasteiger partial charge on any atom is 0.345 e. The van der Waals surface area contributed by atoms with Gasteiger partial charge in [-0.25, -0.2) is 4.79 Å². The summed E-state index contributed by atoms with van der Waals surface area (Å²) in [5, 5.41) is 12.9. The summed E-state index contributed by atoms with van der Waals surface area (Å²) in [6.07, 6.45) is 0.982. The molecule has 0 aliphatic carbocycles. The number of hydrogen-bond donors (Lipinski definition) is 2. The first-order valence-corrected chi connectivity index (χ1v) is 7.57. The Hall–Kier alpha value is -2.53. The smallest absolute Gasteiger partial charge is 0.345 e. The van der Waals surface area contributed by atoms with Crippen molar-refractivity contribution in [2.75, 3.05) is 12.1 Å². The minimum absolute atomic E-state index is 0.260. The number of urea groups is 1. The van der Waals surface area contributed by atoms with Gasteiger partial charge >= 0.3 is 6.03 Å². The summed E-state index contributed by atoms with van der Waals surface area (Å²) in [5.74, 6) is 0.793. The summed E-state index contributed by atoms with van der Waals surface area (Å²) < 4.78 is 5.86. The molecule has 2 N–H and O–H groups in total. The first kappa shape index (κ1) is 16.8. The van der Waals surface area contributed by atoms with Crippen LogP contribution in [0.15, 0.2) is 42.5 Å². The van der Waals surface area contributed by atoms with Crippen LogP contribution in [0.5, 0.6) is 5.75 Å². The van der Waals surface area contributed by atoms with E-state index in [1.807, 2.05) is 31.2 Å². The van der Waals surface area contributed by atoms with Crippen LogP contribution in [-0.2, 0) is 13.0 Å². The van der Waals surface area contributed by atoms with Gasteiger partial charge in [-0.1, -0.05) is 37.3 Å². The van der Waals surface area contributed by atoms with Crippen LogP contribution in [-0.4, -0.2) is 18.3 Å². The Morgan fingerprint density at radius 1 is 1.26 bits per heavy atom. The van der Waals surface area contributed by atoms with Crippen molar-refractivity contribution < 1.29 is 14.7 Å². The molecule has 5 nitrogen and oxygen atoms in total. The number of carbonyl (C=O) groups is 1. The van der Waals surface area contributed by atoms with Crippen molar-refractivity contribution in [2.24, 2.45) is 0 Å².